The van der Waals surface area contributed by atoms with E-state index in [-0.39, 0.29) is 23.3 Å². The van der Waals surface area contributed by atoms with Crippen LogP contribution in [0.5, 0.6) is 0 Å². The predicted molar refractivity (Wildman–Crippen MR) is 70.3 cm³/mol. The van der Waals surface area contributed by atoms with Crippen LogP contribution in [0.25, 0.3) is 0 Å². The average Bonchev–Trinajstić information content (AvgIpc) is 2.09. The number of allylic oxidation sites excluding steroid dienone is 1. The molecule has 0 aliphatic carbocycles. The number of hydrogen-bond donors (Lipinski definition) is 1. The van der Waals surface area contributed by atoms with Crippen molar-refractivity contribution in [2.24, 2.45) is 11.3 Å². The van der Waals surface area contributed by atoms with Crippen LogP contribution in [0.4, 0.5) is 0 Å². The smallest absolute Gasteiger partial charge is 0.223 e. The maximum atomic E-state index is 12.0. The predicted octanol–water partition coefficient (Wildman–Crippen LogP) is 3.53. The van der Waals surface area contributed by atoms with Gasteiger partial charge < -0.3 is 5.32 Å². The minimum absolute atomic E-state index is 0.111. The van der Waals surface area contributed by atoms with Gasteiger partial charge in [0.25, 0.3) is 0 Å². The van der Waals surface area contributed by atoms with Crippen LogP contribution >= 0.6 is 0 Å². The van der Waals surface area contributed by atoms with E-state index < -0.39 is 0 Å². The number of rotatable bonds is 6. The molecule has 2 heteroatoms. The summed E-state index contributed by atoms with van der Waals surface area (Å²) in [5.74, 6) is 0.298. The molecular formula is C14H27NO. The van der Waals surface area contributed by atoms with Gasteiger partial charge in [-0.05, 0) is 38.5 Å². The van der Waals surface area contributed by atoms with E-state index in [1.54, 1.807) is 0 Å². The molecular weight excluding hydrogens is 198 g/mol. The molecule has 1 amide bonds. The highest BCUT2D eigenvalue weighted by Crippen LogP contribution is 2.27. The first-order valence-corrected chi connectivity index (χ1v) is 6.17. The Kier molecular flexibility index (Phi) is 6.39. The second kappa shape index (κ2) is 6.72. The molecule has 0 aromatic carbocycles. The van der Waals surface area contributed by atoms with Crippen molar-refractivity contribution in [3.63, 3.8) is 0 Å². The van der Waals surface area contributed by atoms with Crippen LogP contribution in [0, 0.1) is 11.3 Å². The zero-order valence-electron chi connectivity index (χ0n) is 11.5. The summed E-state index contributed by atoms with van der Waals surface area (Å²) in [6.45, 7) is 14.2. The quantitative estimate of drug-likeness (QED) is 0.688. The van der Waals surface area contributed by atoms with Crippen molar-refractivity contribution >= 4 is 5.91 Å². The molecule has 1 atom stereocenters. The molecule has 0 saturated carbocycles. The van der Waals surface area contributed by atoms with E-state index in [1.807, 2.05) is 19.9 Å². The SMILES string of the molecule is C=CCCC(CC(C)(C)C)C(=O)NC(C)C. The molecule has 0 spiro atoms. The molecule has 94 valence electrons. The van der Waals surface area contributed by atoms with Crippen LogP contribution < -0.4 is 5.32 Å². The molecule has 0 bridgehead atoms. The molecule has 0 radical (unpaired) electrons. The Morgan fingerprint density at radius 1 is 1.38 bits per heavy atom. The summed E-state index contributed by atoms with van der Waals surface area (Å²) in [4.78, 5) is 12.0. The zero-order valence-corrected chi connectivity index (χ0v) is 11.5. The molecule has 0 aromatic heterocycles. The maximum Gasteiger partial charge on any atom is 0.223 e. The number of amides is 1. The summed E-state index contributed by atoms with van der Waals surface area (Å²) >= 11 is 0. The standard InChI is InChI=1S/C14H27NO/c1-7-8-9-12(10-14(4,5)6)13(16)15-11(2)3/h7,11-12H,1,8-10H2,2-6H3,(H,15,16). The van der Waals surface area contributed by atoms with Crippen molar-refractivity contribution in [1.82, 2.24) is 5.32 Å². The van der Waals surface area contributed by atoms with E-state index in [4.69, 9.17) is 0 Å². The minimum Gasteiger partial charge on any atom is -0.354 e. The van der Waals surface area contributed by atoms with Gasteiger partial charge in [0.2, 0.25) is 5.91 Å². The molecule has 2 nitrogen and oxygen atoms in total. The first-order valence-electron chi connectivity index (χ1n) is 6.17. The second-order valence-electron chi connectivity index (χ2n) is 5.99. The number of hydrogen-bond acceptors (Lipinski definition) is 1. The van der Waals surface area contributed by atoms with E-state index in [0.29, 0.717) is 0 Å². The summed E-state index contributed by atoms with van der Waals surface area (Å²) < 4.78 is 0. The molecule has 0 aromatic rings. The van der Waals surface area contributed by atoms with Crippen LogP contribution in [0.2, 0.25) is 0 Å². The van der Waals surface area contributed by atoms with E-state index >= 15 is 0 Å². The van der Waals surface area contributed by atoms with Gasteiger partial charge in [-0.2, -0.15) is 0 Å². The van der Waals surface area contributed by atoms with Crippen LogP contribution in [-0.4, -0.2) is 11.9 Å². The summed E-state index contributed by atoms with van der Waals surface area (Å²) in [7, 11) is 0. The van der Waals surface area contributed by atoms with E-state index in [9.17, 15) is 4.79 Å². The lowest BCUT2D eigenvalue weighted by molar-refractivity contribution is -0.126. The van der Waals surface area contributed by atoms with Gasteiger partial charge in [0.1, 0.15) is 0 Å². The van der Waals surface area contributed by atoms with E-state index in [1.165, 1.54) is 0 Å². The topological polar surface area (TPSA) is 29.1 Å². The maximum absolute atomic E-state index is 12.0. The number of carbonyl (C=O) groups excluding carboxylic acids is 1. The normalized spacial score (nSPS) is 13.6. The van der Waals surface area contributed by atoms with Crippen molar-refractivity contribution in [1.29, 1.82) is 0 Å². The van der Waals surface area contributed by atoms with Gasteiger partial charge in [-0.25, -0.2) is 0 Å². The Labute approximate surface area is 101 Å². The third kappa shape index (κ3) is 7.49. The zero-order chi connectivity index (χ0) is 12.8. The third-order valence-corrected chi connectivity index (χ3v) is 2.38. The van der Waals surface area contributed by atoms with Gasteiger partial charge in [-0.15, -0.1) is 6.58 Å². The highest BCUT2D eigenvalue weighted by Gasteiger charge is 2.24. The summed E-state index contributed by atoms with van der Waals surface area (Å²) in [6, 6.07) is 0.221. The van der Waals surface area contributed by atoms with Gasteiger partial charge in [0.05, 0.1) is 0 Å². The van der Waals surface area contributed by atoms with Crippen molar-refractivity contribution in [3.8, 4) is 0 Å². The fourth-order valence-corrected chi connectivity index (χ4v) is 1.79. The van der Waals surface area contributed by atoms with Gasteiger partial charge >= 0.3 is 0 Å². The molecule has 1 N–H and O–H groups in total. The monoisotopic (exact) mass is 225 g/mol. The van der Waals surface area contributed by atoms with Crippen LogP contribution in [0.3, 0.4) is 0 Å². The van der Waals surface area contributed by atoms with Crippen molar-refractivity contribution < 1.29 is 4.79 Å². The van der Waals surface area contributed by atoms with Crippen LogP contribution in [-0.2, 0) is 4.79 Å². The Bertz CT molecular complexity index is 225. The fourth-order valence-electron chi connectivity index (χ4n) is 1.79. The highest BCUT2D eigenvalue weighted by molar-refractivity contribution is 5.78. The van der Waals surface area contributed by atoms with Gasteiger partial charge in [-0.1, -0.05) is 26.8 Å². The lowest BCUT2D eigenvalue weighted by Crippen LogP contribution is -2.37. The Hall–Kier alpha value is -0.790. The van der Waals surface area contributed by atoms with Gasteiger partial charge in [0, 0.05) is 12.0 Å². The van der Waals surface area contributed by atoms with Crippen molar-refractivity contribution in [3.05, 3.63) is 12.7 Å². The third-order valence-electron chi connectivity index (χ3n) is 2.38. The number of carbonyl (C=O) groups is 1. The molecule has 0 heterocycles. The molecule has 0 aliphatic rings. The first-order chi connectivity index (χ1) is 7.26. The summed E-state index contributed by atoms with van der Waals surface area (Å²) in [5, 5.41) is 3.00. The lowest BCUT2D eigenvalue weighted by Gasteiger charge is -2.25. The van der Waals surface area contributed by atoms with E-state index in [2.05, 4.69) is 32.7 Å². The first kappa shape index (κ1) is 15.2. The molecule has 0 fully saturated rings. The Morgan fingerprint density at radius 2 is 1.94 bits per heavy atom. The Balaban J connectivity index is 4.40. The van der Waals surface area contributed by atoms with E-state index in [0.717, 1.165) is 19.3 Å². The molecule has 0 saturated heterocycles. The van der Waals surface area contributed by atoms with Gasteiger partial charge in [-0.3, -0.25) is 4.79 Å². The summed E-state index contributed by atoms with van der Waals surface area (Å²) in [5.41, 5.74) is 0.195. The van der Waals surface area contributed by atoms with Crippen LogP contribution in [0.15, 0.2) is 12.7 Å². The Morgan fingerprint density at radius 3 is 2.31 bits per heavy atom. The van der Waals surface area contributed by atoms with Crippen molar-refractivity contribution in [2.75, 3.05) is 0 Å². The molecule has 16 heavy (non-hydrogen) atoms. The fraction of sp³-hybridized carbons (Fsp3) is 0.786. The highest BCUT2D eigenvalue weighted by atomic mass is 16.1. The number of nitrogens with one attached hydrogen (secondary N) is 1. The largest absolute Gasteiger partial charge is 0.354 e. The minimum atomic E-state index is 0.111. The molecule has 1 unspecified atom stereocenters. The summed E-state index contributed by atoms with van der Waals surface area (Å²) in [6.07, 6.45) is 4.63. The second-order valence-corrected chi connectivity index (χ2v) is 5.99. The lowest BCUT2D eigenvalue weighted by atomic mass is 9.82. The van der Waals surface area contributed by atoms with Gasteiger partial charge in [0.15, 0.2) is 0 Å². The average molecular weight is 225 g/mol. The van der Waals surface area contributed by atoms with Crippen LogP contribution in [0.1, 0.15) is 53.9 Å². The van der Waals surface area contributed by atoms with Crippen molar-refractivity contribution in [2.45, 2.75) is 59.9 Å². The molecule has 0 aliphatic heterocycles. The molecule has 0 rings (SSSR count).